The quantitative estimate of drug-likeness (QED) is 0.717. The van der Waals surface area contributed by atoms with Crippen LogP contribution in [0.3, 0.4) is 0 Å². The number of alkyl carbamates (subject to hydrolysis) is 1. The van der Waals surface area contributed by atoms with Crippen LogP contribution in [0.25, 0.3) is 0 Å². The van der Waals surface area contributed by atoms with Crippen LogP contribution >= 0.6 is 11.3 Å². The Morgan fingerprint density at radius 3 is 2.19 bits per heavy atom. The maximum Gasteiger partial charge on any atom is 0.408 e. The maximum absolute atomic E-state index is 11.8. The summed E-state index contributed by atoms with van der Waals surface area (Å²) in [5.74, 6) is -4.86. The third-order valence-electron chi connectivity index (χ3n) is 2.44. The zero-order valence-electron chi connectivity index (χ0n) is 11.8. The molecule has 1 rings (SSSR count). The van der Waals surface area contributed by atoms with E-state index in [2.05, 4.69) is 5.32 Å². The highest BCUT2D eigenvalue weighted by atomic mass is 32.1. The highest BCUT2D eigenvalue weighted by Gasteiger charge is 2.38. The SMILES string of the molecule is CC(C)(C)OC(=O)NC(c1ccsc1)C(C(=O)O)C(=O)O. The number of ether oxygens (including phenoxy) is 1. The number of carbonyl (C=O) groups is 3. The van der Waals surface area contributed by atoms with Crippen molar-refractivity contribution in [1.29, 1.82) is 0 Å². The third kappa shape index (κ3) is 5.07. The Bertz CT molecular complexity index is 505. The van der Waals surface area contributed by atoms with E-state index < -0.39 is 35.6 Å². The van der Waals surface area contributed by atoms with Gasteiger partial charge in [0, 0.05) is 0 Å². The van der Waals surface area contributed by atoms with Gasteiger partial charge in [0.1, 0.15) is 5.60 Å². The summed E-state index contributed by atoms with van der Waals surface area (Å²) < 4.78 is 5.04. The summed E-state index contributed by atoms with van der Waals surface area (Å²) in [4.78, 5) is 34.1. The van der Waals surface area contributed by atoms with Crippen LogP contribution in [-0.4, -0.2) is 33.8 Å². The lowest BCUT2D eigenvalue weighted by Crippen LogP contribution is -2.42. The fraction of sp³-hybridized carbons (Fsp3) is 0.462. The van der Waals surface area contributed by atoms with Crippen LogP contribution < -0.4 is 5.32 Å². The molecule has 0 radical (unpaired) electrons. The zero-order chi connectivity index (χ0) is 16.2. The van der Waals surface area contributed by atoms with Crippen LogP contribution in [0.1, 0.15) is 32.4 Å². The first-order valence-electron chi connectivity index (χ1n) is 6.09. The topological polar surface area (TPSA) is 113 Å². The van der Waals surface area contributed by atoms with Crippen molar-refractivity contribution >= 4 is 29.4 Å². The standard InChI is InChI=1S/C13H17NO6S/c1-13(2,3)20-12(19)14-9(7-4-5-21-6-7)8(10(15)16)11(17)18/h4-6,8-9H,1-3H3,(H,14,19)(H,15,16)(H,17,18). The number of carboxylic acid groups (broad SMARTS) is 2. The fourth-order valence-corrected chi connectivity index (χ4v) is 2.33. The first kappa shape index (κ1) is 17.0. The molecule has 0 spiro atoms. The number of hydrogen-bond donors (Lipinski definition) is 3. The van der Waals surface area contributed by atoms with Crippen LogP contribution in [0.15, 0.2) is 16.8 Å². The van der Waals surface area contributed by atoms with E-state index in [1.54, 1.807) is 37.6 Å². The molecule has 0 bridgehead atoms. The summed E-state index contributed by atoms with van der Waals surface area (Å²) in [6.45, 7) is 4.95. The second-order valence-corrected chi connectivity index (χ2v) is 6.11. The lowest BCUT2D eigenvalue weighted by molar-refractivity contribution is -0.156. The second kappa shape index (κ2) is 6.57. The van der Waals surface area contributed by atoms with E-state index in [9.17, 15) is 14.4 Å². The fourth-order valence-electron chi connectivity index (χ4n) is 1.64. The average Bonchev–Trinajstić information content (AvgIpc) is 2.76. The van der Waals surface area contributed by atoms with Gasteiger partial charge < -0.3 is 20.3 Å². The Balaban J connectivity index is 3.01. The Labute approximate surface area is 125 Å². The highest BCUT2D eigenvalue weighted by molar-refractivity contribution is 7.08. The smallest absolute Gasteiger partial charge is 0.408 e. The Morgan fingerprint density at radius 1 is 1.24 bits per heavy atom. The molecule has 0 aliphatic carbocycles. The Hall–Kier alpha value is -2.09. The van der Waals surface area contributed by atoms with Crippen LogP contribution in [0.2, 0.25) is 0 Å². The monoisotopic (exact) mass is 315 g/mol. The summed E-state index contributed by atoms with van der Waals surface area (Å²) in [6, 6.07) is 0.354. The first-order chi connectivity index (χ1) is 9.61. The van der Waals surface area contributed by atoms with Gasteiger partial charge in [-0.15, -0.1) is 0 Å². The molecule has 1 amide bonds. The molecule has 1 aromatic rings. The molecule has 0 saturated carbocycles. The summed E-state index contributed by atoms with van der Waals surface area (Å²) in [5.41, 5.74) is -0.369. The number of carbonyl (C=O) groups excluding carboxylic acids is 1. The largest absolute Gasteiger partial charge is 0.481 e. The van der Waals surface area contributed by atoms with E-state index in [1.165, 1.54) is 11.3 Å². The van der Waals surface area contributed by atoms with Gasteiger partial charge in [0.25, 0.3) is 0 Å². The molecule has 0 fully saturated rings. The molecule has 0 aromatic carbocycles. The summed E-state index contributed by atoms with van der Waals surface area (Å²) in [6.07, 6.45) is -0.869. The Kier molecular flexibility index (Phi) is 5.31. The van der Waals surface area contributed by atoms with Crippen molar-refractivity contribution in [3.63, 3.8) is 0 Å². The van der Waals surface area contributed by atoms with Crippen molar-refractivity contribution in [1.82, 2.24) is 5.32 Å². The van der Waals surface area contributed by atoms with Crippen molar-refractivity contribution in [2.24, 2.45) is 5.92 Å². The summed E-state index contributed by atoms with van der Waals surface area (Å²) in [7, 11) is 0. The lowest BCUT2D eigenvalue weighted by atomic mass is 9.95. The van der Waals surface area contributed by atoms with Gasteiger partial charge >= 0.3 is 18.0 Å². The van der Waals surface area contributed by atoms with Crippen molar-refractivity contribution in [3.8, 4) is 0 Å². The van der Waals surface area contributed by atoms with Gasteiger partial charge in [-0.2, -0.15) is 11.3 Å². The number of nitrogens with one attached hydrogen (secondary N) is 1. The van der Waals surface area contributed by atoms with Gasteiger partial charge in [-0.1, -0.05) is 0 Å². The lowest BCUT2D eigenvalue weighted by Gasteiger charge is -2.25. The molecule has 3 N–H and O–H groups in total. The normalized spacial score (nSPS) is 12.8. The molecule has 116 valence electrons. The second-order valence-electron chi connectivity index (χ2n) is 5.33. The van der Waals surface area contributed by atoms with Gasteiger partial charge in [-0.3, -0.25) is 9.59 Å². The van der Waals surface area contributed by atoms with E-state index in [1.807, 2.05) is 0 Å². The average molecular weight is 315 g/mol. The van der Waals surface area contributed by atoms with Crippen molar-refractivity contribution < 1.29 is 29.3 Å². The molecule has 1 heterocycles. The number of thiophene rings is 1. The van der Waals surface area contributed by atoms with Crippen LogP contribution in [0, 0.1) is 5.92 Å². The first-order valence-corrected chi connectivity index (χ1v) is 7.03. The molecule has 8 heteroatoms. The molecular weight excluding hydrogens is 298 g/mol. The number of amides is 1. The van der Waals surface area contributed by atoms with Crippen LogP contribution in [-0.2, 0) is 14.3 Å². The molecule has 7 nitrogen and oxygen atoms in total. The van der Waals surface area contributed by atoms with Crippen LogP contribution in [0.5, 0.6) is 0 Å². The van der Waals surface area contributed by atoms with E-state index in [0.717, 1.165) is 0 Å². The van der Waals surface area contributed by atoms with Crippen molar-refractivity contribution in [3.05, 3.63) is 22.4 Å². The highest BCUT2D eigenvalue weighted by Crippen LogP contribution is 2.25. The summed E-state index contributed by atoms with van der Waals surface area (Å²) in [5, 5.41) is 23.8. The molecular formula is C13H17NO6S. The molecule has 1 unspecified atom stereocenters. The minimum Gasteiger partial charge on any atom is -0.481 e. The molecule has 0 aliphatic rings. The van der Waals surface area contributed by atoms with E-state index in [0.29, 0.717) is 5.56 Å². The van der Waals surface area contributed by atoms with Gasteiger partial charge in [-0.25, -0.2) is 4.79 Å². The molecule has 0 aliphatic heterocycles. The molecule has 21 heavy (non-hydrogen) atoms. The third-order valence-corrected chi connectivity index (χ3v) is 3.14. The minimum absolute atomic E-state index is 0.403. The van der Waals surface area contributed by atoms with Crippen LogP contribution in [0.4, 0.5) is 4.79 Å². The molecule has 1 atom stereocenters. The van der Waals surface area contributed by atoms with Crippen molar-refractivity contribution in [2.45, 2.75) is 32.4 Å². The van der Waals surface area contributed by atoms with E-state index in [-0.39, 0.29) is 0 Å². The van der Waals surface area contributed by atoms with Gasteiger partial charge in [0.05, 0.1) is 6.04 Å². The zero-order valence-corrected chi connectivity index (χ0v) is 12.6. The minimum atomic E-state index is -1.80. The van der Waals surface area contributed by atoms with Gasteiger partial charge in [0.2, 0.25) is 0 Å². The molecule has 1 aromatic heterocycles. The summed E-state index contributed by atoms with van der Waals surface area (Å²) >= 11 is 1.27. The number of hydrogen-bond acceptors (Lipinski definition) is 5. The predicted octanol–water partition coefficient (Wildman–Crippen LogP) is 2.10. The van der Waals surface area contributed by atoms with Crippen molar-refractivity contribution in [2.75, 3.05) is 0 Å². The number of rotatable bonds is 5. The Morgan fingerprint density at radius 2 is 1.81 bits per heavy atom. The van der Waals surface area contributed by atoms with Gasteiger partial charge in [-0.05, 0) is 43.2 Å². The molecule has 0 saturated heterocycles. The van der Waals surface area contributed by atoms with Gasteiger partial charge in [0.15, 0.2) is 5.92 Å². The predicted molar refractivity (Wildman–Crippen MR) is 75.2 cm³/mol. The number of aliphatic carboxylic acids is 2. The van der Waals surface area contributed by atoms with E-state index >= 15 is 0 Å². The van der Waals surface area contributed by atoms with E-state index in [4.69, 9.17) is 14.9 Å². The maximum atomic E-state index is 11.8. The number of carboxylic acids is 2.